The van der Waals surface area contributed by atoms with E-state index in [1.54, 1.807) is 12.1 Å². The lowest BCUT2D eigenvalue weighted by molar-refractivity contribution is 0.0278. The van der Waals surface area contributed by atoms with E-state index in [0.29, 0.717) is 18.5 Å². The van der Waals surface area contributed by atoms with Gasteiger partial charge in [0.05, 0.1) is 0 Å². The summed E-state index contributed by atoms with van der Waals surface area (Å²) in [6.45, 7) is 7.14. The Morgan fingerprint density at radius 2 is 2.00 bits per heavy atom. The maximum absolute atomic E-state index is 9.67. The summed E-state index contributed by atoms with van der Waals surface area (Å²) < 4.78 is 7.60. The molecule has 0 spiro atoms. The third-order valence-corrected chi connectivity index (χ3v) is 5.84. The molecule has 0 radical (unpaired) electrons. The molecule has 146 valence electrons. The number of aromatic hydroxyl groups is 1. The van der Waals surface area contributed by atoms with Crippen LogP contribution in [0.3, 0.4) is 0 Å². The maximum atomic E-state index is 9.67. The third kappa shape index (κ3) is 3.94. The normalized spacial score (nSPS) is 22.3. The molecule has 0 saturated carbocycles. The number of hydrogen-bond donors (Lipinski definition) is 1. The number of hydrogen-bond acceptors (Lipinski definition) is 6. The van der Waals surface area contributed by atoms with Crippen molar-refractivity contribution < 1.29 is 9.84 Å². The Balaban J connectivity index is 1.44. The molecule has 0 unspecified atom stereocenters. The van der Waals surface area contributed by atoms with Gasteiger partial charge in [0.2, 0.25) is 5.95 Å². The van der Waals surface area contributed by atoms with Gasteiger partial charge in [-0.25, -0.2) is 0 Å². The monoisotopic (exact) mass is 371 g/mol. The summed E-state index contributed by atoms with van der Waals surface area (Å²) in [5.74, 6) is 2.13. The molecule has 2 aromatic rings. The van der Waals surface area contributed by atoms with Crippen LogP contribution >= 0.6 is 0 Å². The highest BCUT2D eigenvalue weighted by molar-refractivity contribution is 5.35. The number of piperazine rings is 1. The number of rotatable bonds is 4. The van der Waals surface area contributed by atoms with E-state index in [1.165, 1.54) is 0 Å². The third-order valence-electron chi connectivity index (χ3n) is 5.84. The number of nitrogens with zero attached hydrogens (tertiary/aromatic N) is 5. The van der Waals surface area contributed by atoms with E-state index < -0.39 is 0 Å². The molecule has 0 aliphatic carbocycles. The molecule has 27 heavy (non-hydrogen) atoms. The fourth-order valence-corrected chi connectivity index (χ4v) is 4.27. The molecule has 2 saturated heterocycles. The Labute approximate surface area is 160 Å². The van der Waals surface area contributed by atoms with Gasteiger partial charge in [-0.2, -0.15) is 0 Å². The average Bonchev–Trinajstić information content (AvgIpc) is 3.03. The van der Waals surface area contributed by atoms with Crippen molar-refractivity contribution in [2.24, 2.45) is 7.05 Å². The largest absolute Gasteiger partial charge is 0.508 e. The van der Waals surface area contributed by atoms with Crippen LogP contribution in [0.5, 0.6) is 5.75 Å². The van der Waals surface area contributed by atoms with E-state index in [-0.39, 0.29) is 5.75 Å². The fraction of sp³-hybridized carbons (Fsp3) is 0.600. The summed E-state index contributed by atoms with van der Waals surface area (Å²) in [5.41, 5.74) is 1.04. The highest BCUT2D eigenvalue weighted by atomic mass is 16.5. The van der Waals surface area contributed by atoms with E-state index in [0.717, 1.165) is 63.0 Å². The van der Waals surface area contributed by atoms with E-state index in [1.807, 2.05) is 19.2 Å². The van der Waals surface area contributed by atoms with Crippen molar-refractivity contribution in [3.63, 3.8) is 0 Å². The second-order valence-corrected chi connectivity index (χ2v) is 7.70. The van der Waals surface area contributed by atoms with Gasteiger partial charge in [0.25, 0.3) is 0 Å². The van der Waals surface area contributed by atoms with Gasteiger partial charge in [0.1, 0.15) is 11.6 Å². The fourth-order valence-electron chi connectivity index (χ4n) is 4.27. The topological polar surface area (TPSA) is 66.7 Å². The summed E-state index contributed by atoms with van der Waals surface area (Å²) in [4.78, 5) is 4.99. The standard InChI is InChI=1S/C20H29N5O2/c1-15-14-24(17-6-10-27-11-7-17)8-9-25(15)20-22-21-19(23(20)2)13-16-4-3-5-18(26)12-16/h3-5,12,15,17,26H,6-11,13-14H2,1-2H3/t15-/m1/s1. The SMILES string of the molecule is C[C@@H]1CN(C2CCOCC2)CCN1c1nnc(Cc2cccc(O)c2)n1C. The van der Waals surface area contributed by atoms with Crippen LogP contribution in [0.15, 0.2) is 24.3 Å². The quantitative estimate of drug-likeness (QED) is 0.884. The number of phenolic OH excluding ortho intramolecular Hbond substituents is 1. The van der Waals surface area contributed by atoms with E-state index in [2.05, 4.69) is 31.5 Å². The summed E-state index contributed by atoms with van der Waals surface area (Å²) in [5, 5.41) is 18.6. The molecule has 1 aromatic carbocycles. The molecule has 0 amide bonds. The predicted molar refractivity (Wildman–Crippen MR) is 104 cm³/mol. The van der Waals surface area contributed by atoms with Crippen LogP contribution < -0.4 is 4.90 Å². The number of phenols is 1. The number of ether oxygens (including phenoxy) is 1. The van der Waals surface area contributed by atoms with Crippen molar-refractivity contribution in [3.05, 3.63) is 35.7 Å². The average molecular weight is 371 g/mol. The first-order valence-electron chi connectivity index (χ1n) is 9.86. The highest BCUT2D eigenvalue weighted by Gasteiger charge is 2.31. The zero-order chi connectivity index (χ0) is 18.8. The van der Waals surface area contributed by atoms with Crippen LogP contribution in [0.4, 0.5) is 5.95 Å². The Bertz CT molecular complexity index is 771. The lowest BCUT2D eigenvalue weighted by Crippen LogP contribution is -2.56. The van der Waals surface area contributed by atoms with Gasteiger partial charge in [0, 0.05) is 58.4 Å². The minimum Gasteiger partial charge on any atom is -0.508 e. The predicted octanol–water partition coefficient (Wildman–Crippen LogP) is 1.80. The van der Waals surface area contributed by atoms with Crippen molar-refractivity contribution in [2.45, 2.75) is 38.3 Å². The molecule has 4 rings (SSSR count). The van der Waals surface area contributed by atoms with Gasteiger partial charge < -0.3 is 19.3 Å². The number of anilines is 1. The molecular weight excluding hydrogens is 342 g/mol. The van der Waals surface area contributed by atoms with Gasteiger partial charge >= 0.3 is 0 Å². The first-order valence-corrected chi connectivity index (χ1v) is 9.86. The molecule has 3 heterocycles. The van der Waals surface area contributed by atoms with Crippen molar-refractivity contribution in [1.29, 1.82) is 0 Å². The van der Waals surface area contributed by atoms with Crippen molar-refractivity contribution >= 4 is 5.95 Å². The summed E-state index contributed by atoms with van der Waals surface area (Å²) in [7, 11) is 2.03. The summed E-state index contributed by atoms with van der Waals surface area (Å²) >= 11 is 0. The summed E-state index contributed by atoms with van der Waals surface area (Å²) in [6, 6.07) is 8.39. The number of benzene rings is 1. The van der Waals surface area contributed by atoms with Crippen LogP contribution in [-0.2, 0) is 18.2 Å². The van der Waals surface area contributed by atoms with Gasteiger partial charge in [-0.3, -0.25) is 4.90 Å². The maximum Gasteiger partial charge on any atom is 0.227 e. The van der Waals surface area contributed by atoms with E-state index in [4.69, 9.17) is 4.74 Å². The summed E-state index contributed by atoms with van der Waals surface area (Å²) in [6.07, 6.45) is 2.95. The molecule has 7 heteroatoms. The van der Waals surface area contributed by atoms with Crippen molar-refractivity contribution in [3.8, 4) is 5.75 Å². The van der Waals surface area contributed by atoms with Crippen molar-refractivity contribution in [1.82, 2.24) is 19.7 Å². The molecule has 1 atom stereocenters. The molecular formula is C20H29N5O2. The molecule has 0 bridgehead atoms. The Kier molecular flexibility index (Phi) is 5.31. The second kappa shape index (κ2) is 7.86. The van der Waals surface area contributed by atoms with Crippen LogP contribution in [0, 0.1) is 0 Å². The van der Waals surface area contributed by atoms with Gasteiger partial charge in [0.15, 0.2) is 0 Å². The molecule has 1 aromatic heterocycles. The first-order chi connectivity index (χ1) is 13.1. The van der Waals surface area contributed by atoms with E-state index in [9.17, 15) is 5.11 Å². The first kappa shape index (κ1) is 18.3. The van der Waals surface area contributed by atoms with Crippen LogP contribution in [0.2, 0.25) is 0 Å². The van der Waals surface area contributed by atoms with Gasteiger partial charge in [-0.1, -0.05) is 12.1 Å². The van der Waals surface area contributed by atoms with Crippen LogP contribution in [-0.4, -0.2) is 69.7 Å². The molecule has 2 aliphatic rings. The van der Waals surface area contributed by atoms with Gasteiger partial charge in [-0.15, -0.1) is 10.2 Å². The lowest BCUT2D eigenvalue weighted by Gasteiger charge is -2.44. The van der Waals surface area contributed by atoms with E-state index >= 15 is 0 Å². The molecule has 2 aliphatic heterocycles. The Morgan fingerprint density at radius 1 is 1.19 bits per heavy atom. The molecule has 2 fully saturated rings. The second-order valence-electron chi connectivity index (χ2n) is 7.70. The minimum atomic E-state index is 0.285. The van der Waals surface area contributed by atoms with Crippen LogP contribution in [0.1, 0.15) is 31.2 Å². The zero-order valence-electron chi connectivity index (χ0n) is 16.2. The molecule has 1 N–H and O–H groups in total. The zero-order valence-corrected chi connectivity index (χ0v) is 16.2. The smallest absolute Gasteiger partial charge is 0.227 e. The lowest BCUT2D eigenvalue weighted by atomic mass is 10.0. The van der Waals surface area contributed by atoms with Crippen LogP contribution in [0.25, 0.3) is 0 Å². The minimum absolute atomic E-state index is 0.285. The Hall–Kier alpha value is -2.12. The highest BCUT2D eigenvalue weighted by Crippen LogP contribution is 2.24. The number of aromatic nitrogens is 3. The van der Waals surface area contributed by atoms with Crippen molar-refractivity contribution in [2.75, 3.05) is 37.7 Å². The molecule has 7 nitrogen and oxygen atoms in total. The van der Waals surface area contributed by atoms with Gasteiger partial charge in [-0.05, 0) is 37.5 Å². The Morgan fingerprint density at radius 3 is 2.74 bits per heavy atom.